The maximum Gasteiger partial charge on any atom is 0.319 e. The van der Waals surface area contributed by atoms with Crippen LogP contribution in [0.25, 0.3) is 16.6 Å². The first kappa shape index (κ1) is 36.7. The van der Waals surface area contributed by atoms with E-state index in [0.29, 0.717) is 53.3 Å². The number of carbonyl (C=O) groups is 2. The van der Waals surface area contributed by atoms with E-state index in [4.69, 9.17) is 24.9 Å². The molecule has 0 radical (unpaired) electrons. The second-order valence-corrected chi connectivity index (χ2v) is 14.5. The van der Waals surface area contributed by atoms with Gasteiger partial charge in [-0.1, -0.05) is 56.7 Å². The van der Waals surface area contributed by atoms with Crippen LogP contribution >= 0.6 is 11.8 Å². The first-order chi connectivity index (χ1) is 24.1. The predicted molar refractivity (Wildman–Crippen MR) is 199 cm³/mol. The van der Waals surface area contributed by atoms with Crippen molar-refractivity contribution in [1.82, 2.24) is 4.98 Å². The summed E-state index contributed by atoms with van der Waals surface area (Å²) >= 11 is 1.52. The number of ether oxygens (including phenoxy) is 3. The zero-order valence-electron chi connectivity index (χ0n) is 29.2. The Hall–Kier alpha value is -4.57. The minimum Gasteiger partial charge on any atom is -0.468 e. The molecule has 3 N–H and O–H groups in total. The number of fused-ring (bicyclic) bond motifs is 5. The number of H-pyrrole nitrogens is 1. The summed E-state index contributed by atoms with van der Waals surface area (Å²) in [6.07, 6.45) is 8.96. The Balaban J connectivity index is 1.51. The number of nitrogens with two attached hydrogens (primary N) is 1. The van der Waals surface area contributed by atoms with E-state index in [1.807, 2.05) is 24.3 Å². The molecule has 0 fully saturated rings. The van der Waals surface area contributed by atoms with Gasteiger partial charge in [0, 0.05) is 52.6 Å². The van der Waals surface area contributed by atoms with Crippen LogP contribution in [-0.2, 0) is 31.9 Å². The van der Waals surface area contributed by atoms with Gasteiger partial charge in [0.15, 0.2) is 11.6 Å². The first-order valence-corrected chi connectivity index (χ1v) is 18.1. The van der Waals surface area contributed by atoms with Gasteiger partial charge in [0.05, 0.1) is 19.8 Å². The molecule has 5 rings (SSSR count). The van der Waals surface area contributed by atoms with Gasteiger partial charge in [0.25, 0.3) is 0 Å². The van der Waals surface area contributed by atoms with Gasteiger partial charge in [-0.15, -0.1) is 11.8 Å². The number of hydrogen-bond acceptors (Lipinski definition) is 8. The van der Waals surface area contributed by atoms with Gasteiger partial charge in [-0.3, -0.25) is 14.6 Å². The van der Waals surface area contributed by atoms with Crippen molar-refractivity contribution in [2.75, 3.05) is 19.5 Å². The third-order valence-electron chi connectivity index (χ3n) is 8.89. The van der Waals surface area contributed by atoms with Crippen molar-refractivity contribution in [2.24, 2.45) is 16.1 Å². The fraction of sp³-hybridized carbons (Fsp3) is 0.375. The Morgan fingerprint density at radius 2 is 1.96 bits per heavy atom. The lowest BCUT2D eigenvalue weighted by Gasteiger charge is -2.27. The summed E-state index contributed by atoms with van der Waals surface area (Å²) in [6.45, 7) is 6.57. The van der Waals surface area contributed by atoms with E-state index in [0.717, 1.165) is 35.8 Å². The summed E-state index contributed by atoms with van der Waals surface area (Å²) in [5.74, 6) is 0.0495. The molecule has 2 bridgehead atoms. The molecule has 2 unspecified atom stereocenters. The Labute approximate surface area is 297 Å². The number of benzene rings is 3. The first-order valence-electron chi connectivity index (χ1n) is 17.1. The predicted octanol–water partition coefficient (Wildman–Crippen LogP) is 8.73. The fourth-order valence-corrected chi connectivity index (χ4v) is 7.49. The van der Waals surface area contributed by atoms with E-state index in [1.54, 1.807) is 43.6 Å². The van der Waals surface area contributed by atoms with Crippen molar-refractivity contribution in [3.05, 3.63) is 101 Å². The second-order valence-electron chi connectivity index (χ2n) is 13.3. The number of rotatable bonds is 6. The minimum absolute atomic E-state index is 0.0670. The van der Waals surface area contributed by atoms with Gasteiger partial charge < -0.3 is 24.9 Å². The largest absolute Gasteiger partial charge is 0.468 e. The molecule has 8 nitrogen and oxygen atoms in total. The molecule has 10 heteroatoms. The summed E-state index contributed by atoms with van der Waals surface area (Å²) in [6, 6.07) is 18.5. The van der Waals surface area contributed by atoms with E-state index in [1.165, 1.54) is 24.9 Å². The summed E-state index contributed by atoms with van der Waals surface area (Å²) < 4.78 is 32.4. The number of esters is 2. The molecule has 2 atom stereocenters. The number of aromatic nitrogens is 1. The number of thioether (sulfide) groups is 1. The van der Waals surface area contributed by atoms with Crippen LogP contribution in [0, 0.1) is 11.2 Å². The van der Waals surface area contributed by atoms with Crippen molar-refractivity contribution in [2.45, 2.75) is 70.6 Å². The highest BCUT2D eigenvalue weighted by Gasteiger charge is 2.29. The monoisotopic (exact) mass is 699 g/mol. The van der Waals surface area contributed by atoms with Crippen molar-refractivity contribution in [1.29, 1.82) is 0 Å². The van der Waals surface area contributed by atoms with Crippen LogP contribution in [0.15, 0.2) is 77.9 Å². The lowest BCUT2D eigenvalue weighted by Crippen LogP contribution is -2.25. The quantitative estimate of drug-likeness (QED) is 0.193. The van der Waals surface area contributed by atoms with Crippen molar-refractivity contribution in [3.8, 4) is 11.5 Å². The smallest absolute Gasteiger partial charge is 0.319 e. The molecule has 1 aliphatic heterocycles. The SMILES string of the molecule is CCOC(=O)CCc1cccc(C2CCCC(C)(C)CSC(C(=O)OC)Cc3c(c(F)cc4[nH]ccc34)Oc3cccc(c3)C(N)=CC=N2)c1. The van der Waals surface area contributed by atoms with Crippen LogP contribution < -0.4 is 10.5 Å². The highest BCUT2D eigenvalue weighted by atomic mass is 32.2. The number of carbonyl (C=O) groups excluding carboxylic acids is 2. The minimum atomic E-state index is -0.580. The van der Waals surface area contributed by atoms with Gasteiger partial charge in [-0.05, 0) is 79.2 Å². The molecule has 0 spiro atoms. The fourth-order valence-electron chi connectivity index (χ4n) is 6.18. The summed E-state index contributed by atoms with van der Waals surface area (Å²) in [7, 11) is 1.38. The number of halogens is 1. The molecule has 0 saturated carbocycles. The highest BCUT2D eigenvalue weighted by molar-refractivity contribution is 8.00. The van der Waals surface area contributed by atoms with Crippen LogP contribution in [0.5, 0.6) is 11.5 Å². The number of nitrogens with one attached hydrogen (secondary N) is 1. The standard InChI is InChI=1S/C40H46FN3O5S/c1-5-48-37(45)15-14-26-9-6-11-28(21-26)34-13-8-18-40(2,3)25-50-36(39(46)47-4)23-31-30-16-19-44-35(30)24-32(41)38(31)49-29-12-7-10-27(22-29)33(42)17-20-43-34/h6-7,9-12,16-17,19-22,24,34,36,44H,5,8,13-15,18,23,25,42H2,1-4H3. The molecule has 1 aliphatic rings. The molecule has 0 saturated heterocycles. The number of aliphatic imine (C=N–C) groups is 1. The number of allylic oxidation sites excluding steroid dienone is 1. The number of aromatic amines is 1. The lowest BCUT2D eigenvalue weighted by atomic mass is 9.87. The Morgan fingerprint density at radius 1 is 1.14 bits per heavy atom. The molecular weight excluding hydrogens is 654 g/mol. The number of aryl methyl sites for hydroxylation is 1. The molecule has 264 valence electrons. The average molecular weight is 700 g/mol. The van der Waals surface area contributed by atoms with Crippen molar-refractivity contribution < 1.29 is 28.2 Å². The molecule has 4 aromatic rings. The maximum atomic E-state index is 15.8. The zero-order valence-corrected chi connectivity index (χ0v) is 30.0. The maximum absolute atomic E-state index is 15.8. The molecule has 0 amide bonds. The van der Waals surface area contributed by atoms with Crippen LogP contribution in [0.3, 0.4) is 0 Å². The third kappa shape index (κ3) is 9.56. The van der Waals surface area contributed by atoms with E-state index < -0.39 is 11.1 Å². The summed E-state index contributed by atoms with van der Waals surface area (Å²) in [5.41, 5.74) is 10.9. The number of nitrogens with zero attached hydrogens (tertiary/aromatic N) is 1. The topological polar surface area (TPSA) is 116 Å². The van der Waals surface area contributed by atoms with Crippen LogP contribution in [0.2, 0.25) is 0 Å². The molecule has 50 heavy (non-hydrogen) atoms. The second kappa shape index (κ2) is 16.9. The van der Waals surface area contributed by atoms with Gasteiger partial charge >= 0.3 is 11.9 Å². The molecule has 3 aromatic carbocycles. The van der Waals surface area contributed by atoms with Crippen molar-refractivity contribution in [3.63, 3.8) is 0 Å². The van der Waals surface area contributed by atoms with Gasteiger partial charge in [0.1, 0.15) is 11.0 Å². The zero-order chi connectivity index (χ0) is 35.7. The van der Waals surface area contributed by atoms with E-state index in [-0.39, 0.29) is 35.6 Å². The highest BCUT2D eigenvalue weighted by Crippen LogP contribution is 2.39. The van der Waals surface area contributed by atoms with Crippen molar-refractivity contribution >= 4 is 46.5 Å². The average Bonchev–Trinajstić information content (AvgIpc) is 3.57. The van der Waals surface area contributed by atoms with Crippen LogP contribution in [-0.4, -0.2) is 47.9 Å². The van der Waals surface area contributed by atoms with Crippen LogP contribution in [0.4, 0.5) is 4.39 Å². The van der Waals surface area contributed by atoms with Gasteiger partial charge in [-0.25, -0.2) is 4.39 Å². The third-order valence-corrected chi connectivity index (χ3v) is 10.6. The van der Waals surface area contributed by atoms with E-state index >= 15 is 4.39 Å². The molecule has 1 aromatic heterocycles. The van der Waals surface area contributed by atoms with Gasteiger partial charge in [0.2, 0.25) is 0 Å². The summed E-state index contributed by atoms with van der Waals surface area (Å²) in [5, 5.41) is 0.201. The Kier molecular flexibility index (Phi) is 12.4. The molecular formula is C40H46FN3O5S. The Bertz CT molecular complexity index is 1870. The van der Waals surface area contributed by atoms with E-state index in [2.05, 4.69) is 31.0 Å². The van der Waals surface area contributed by atoms with E-state index in [9.17, 15) is 9.59 Å². The normalized spacial score (nSPS) is 18.5. The van der Waals surface area contributed by atoms with Crippen LogP contribution in [0.1, 0.15) is 74.8 Å². The molecule has 0 aliphatic carbocycles. The molecule has 2 heterocycles. The lowest BCUT2D eigenvalue weighted by molar-refractivity contribution is -0.143. The number of methoxy groups -OCH3 is 1. The summed E-state index contributed by atoms with van der Waals surface area (Å²) in [4.78, 5) is 33.2. The number of hydrogen-bond donors (Lipinski definition) is 2. The Morgan fingerprint density at radius 3 is 2.76 bits per heavy atom. The van der Waals surface area contributed by atoms with Gasteiger partial charge in [-0.2, -0.15) is 0 Å².